The number of carboxylic acid groups (broad SMARTS) is 1. The fourth-order valence-corrected chi connectivity index (χ4v) is 2.40. The van der Waals surface area contributed by atoms with Gasteiger partial charge in [-0.1, -0.05) is 0 Å². The maximum absolute atomic E-state index is 11.7. The molecule has 2 atom stereocenters. The summed E-state index contributed by atoms with van der Waals surface area (Å²) in [4.78, 5) is 35.3. The number of aliphatic carboxylic acids is 1. The van der Waals surface area contributed by atoms with Gasteiger partial charge in [-0.2, -0.15) is 0 Å². The van der Waals surface area contributed by atoms with Crippen molar-refractivity contribution in [2.75, 3.05) is 13.1 Å². The van der Waals surface area contributed by atoms with Crippen LogP contribution >= 0.6 is 0 Å². The molecule has 1 heterocycles. The summed E-state index contributed by atoms with van der Waals surface area (Å²) in [5.74, 6) is -1.83. The van der Waals surface area contributed by atoms with Gasteiger partial charge >= 0.3 is 5.97 Å². The van der Waals surface area contributed by atoms with Gasteiger partial charge in [0.05, 0.1) is 11.8 Å². The molecule has 0 unspecified atom stereocenters. The van der Waals surface area contributed by atoms with Crippen molar-refractivity contribution in [3.05, 3.63) is 0 Å². The topological polar surface area (TPSA) is 86.7 Å². The molecular weight excluding hydrogens is 236 g/mol. The lowest BCUT2D eigenvalue weighted by atomic mass is 10.0. The Bertz CT molecular complexity index is 374. The third kappa shape index (κ3) is 2.80. The molecule has 0 bridgehead atoms. The van der Waals surface area contributed by atoms with Crippen LogP contribution in [0.15, 0.2) is 0 Å². The lowest BCUT2D eigenvalue weighted by Crippen LogP contribution is -2.46. The number of carbonyl (C=O) groups is 3. The van der Waals surface area contributed by atoms with Gasteiger partial charge in [0, 0.05) is 26.1 Å². The number of hydrogen-bond donors (Lipinski definition) is 2. The largest absolute Gasteiger partial charge is 0.481 e. The van der Waals surface area contributed by atoms with Crippen LogP contribution in [0.2, 0.25) is 0 Å². The van der Waals surface area contributed by atoms with Crippen molar-refractivity contribution >= 4 is 17.8 Å². The normalized spacial score (nSPS) is 27.7. The maximum atomic E-state index is 11.7. The van der Waals surface area contributed by atoms with Crippen LogP contribution in [0.5, 0.6) is 0 Å². The van der Waals surface area contributed by atoms with Gasteiger partial charge in [-0.15, -0.1) is 0 Å². The van der Waals surface area contributed by atoms with Crippen LogP contribution in [0.4, 0.5) is 0 Å². The van der Waals surface area contributed by atoms with E-state index in [0.717, 1.165) is 12.8 Å². The predicted octanol–water partition coefficient (Wildman–Crippen LogP) is -0.166. The van der Waals surface area contributed by atoms with Crippen molar-refractivity contribution in [1.29, 1.82) is 0 Å². The van der Waals surface area contributed by atoms with E-state index >= 15 is 0 Å². The number of carbonyl (C=O) groups excluding carboxylic acids is 2. The molecule has 0 spiro atoms. The third-order valence-corrected chi connectivity index (χ3v) is 3.73. The first-order valence-corrected chi connectivity index (χ1v) is 6.27. The first kappa shape index (κ1) is 12.9. The van der Waals surface area contributed by atoms with Crippen LogP contribution in [-0.2, 0) is 14.4 Å². The quantitative estimate of drug-likeness (QED) is 0.732. The molecule has 1 aliphatic carbocycles. The average Bonchev–Trinajstić information content (AvgIpc) is 3.09. The number of hydrogen-bond acceptors (Lipinski definition) is 3. The third-order valence-electron chi connectivity index (χ3n) is 3.73. The van der Waals surface area contributed by atoms with Crippen molar-refractivity contribution in [2.45, 2.75) is 32.2 Å². The van der Waals surface area contributed by atoms with Crippen LogP contribution in [0.1, 0.15) is 26.2 Å². The summed E-state index contributed by atoms with van der Waals surface area (Å²) in [5.41, 5.74) is 0. The molecule has 100 valence electrons. The molecule has 0 aromatic rings. The standard InChI is InChI=1S/C12H18N2O4/c1-7(15)14-4-2-8(3-5-14)13-11(16)9-6-10(9)12(17)18/h8-10H,2-6H2,1H3,(H,13,16)(H,17,18)/t9-,10+/m1/s1. The Kier molecular flexibility index (Phi) is 3.54. The lowest BCUT2D eigenvalue weighted by molar-refractivity contribution is -0.140. The second kappa shape index (κ2) is 4.96. The summed E-state index contributed by atoms with van der Waals surface area (Å²) in [6.45, 7) is 2.86. The van der Waals surface area contributed by atoms with Crippen molar-refractivity contribution < 1.29 is 19.5 Å². The molecule has 2 amide bonds. The zero-order valence-electron chi connectivity index (χ0n) is 10.4. The predicted molar refractivity (Wildman–Crippen MR) is 62.7 cm³/mol. The minimum absolute atomic E-state index is 0.0629. The molecule has 1 saturated heterocycles. The highest BCUT2D eigenvalue weighted by Gasteiger charge is 2.48. The summed E-state index contributed by atoms with van der Waals surface area (Å²) < 4.78 is 0. The fraction of sp³-hybridized carbons (Fsp3) is 0.750. The van der Waals surface area contributed by atoms with Crippen molar-refractivity contribution in [1.82, 2.24) is 10.2 Å². The highest BCUT2D eigenvalue weighted by atomic mass is 16.4. The number of carboxylic acids is 1. The Labute approximate surface area is 105 Å². The maximum Gasteiger partial charge on any atom is 0.307 e. The van der Waals surface area contributed by atoms with E-state index in [1.165, 1.54) is 0 Å². The molecule has 2 N–H and O–H groups in total. The second-order valence-electron chi connectivity index (χ2n) is 5.08. The average molecular weight is 254 g/mol. The van der Waals surface area contributed by atoms with Crippen LogP contribution in [0.25, 0.3) is 0 Å². The van der Waals surface area contributed by atoms with E-state index in [4.69, 9.17) is 5.11 Å². The molecule has 0 aromatic heterocycles. The highest BCUT2D eigenvalue weighted by Crippen LogP contribution is 2.38. The minimum Gasteiger partial charge on any atom is -0.481 e. The lowest BCUT2D eigenvalue weighted by Gasteiger charge is -2.31. The second-order valence-corrected chi connectivity index (χ2v) is 5.08. The van der Waals surface area contributed by atoms with E-state index in [1.807, 2.05) is 0 Å². The number of likely N-dealkylation sites (tertiary alicyclic amines) is 1. The summed E-state index contributed by atoms with van der Waals surface area (Å²) >= 11 is 0. The number of piperidine rings is 1. The van der Waals surface area contributed by atoms with Gasteiger partial charge in [0.2, 0.25) is 11.8 Å². The Morgan fingerprint density at radius 3 is 2.22 bits per heavy atom. The summed E-state index contributed by atoms with van der Waals surface area (Å²) in [6.07, 6.45) is 1.94. The molecule has 6 nitrogen and oxygen atoms in total. The molecule has 2 fully saturated rings. The molecule has 1 aliphatic heterocycles. The summed E-state index contributed by atoms with van der Waals surface area (Å²) in [6, 6.07) is 0.0724. The van der Waals surface area contributed by atoms with Gasteiger partial charge in [0.1, 0.15) is 0 Å². The van der Waals surface area contributed by atoms with E-state index in [0.29, 0.717) is 19.5 Å². The molecule has 2 rings (SSSR count). The van der Waals surface area contributed by atoms with E-state index in [-0.39, 0.29) is 23.8 Å². The Hall–Kier alpha value is -1.59. The van der Waals surface area contributed by atoms with Gasteiger partial charge in [0.15, 0.2) is 0 Å². The molecule has 0 radical (unpaired) electrons. The molecule has 0 aromatic carbocycles. The van der Waals surface area contributed by atoms with Crippen molar-refractivity contribution in [3.8, 4) is 0 Å². The SMILES string of the molecule is CC(=O)N1CCC(NC(=O)[C@@H]2C[C@@H]2C(=O)O)CC1. The van der Waals surface area contributed by atoms with Gasteiger partial charge in [-0.05, 0) is 19.3 Å². The Morgan fingerprint density at radius 1 is 1.17 bits per heavy atom. The van der Waals surface area contributed by atoms with Gasteiger partial charge < -0.3 is 15.3 Å². The number of rotatable bonds is 3. The van der Waals surface area contributed by atoms with Gasteiger partial charge in [-0.3, -0.25) is 14.4 Å². The van der Waals surface area contributed by atoms with Crippen molar-refractivity contribution in [3.63, 3.8) is 0 Å². The smallest absolute Gasteiger partial charge is 0.307 e. The van der Waals surface area contributed by atoms with Gasteiger partial charge in [0.25, 0.3) is 0 Å². The monoisotopic (exact) mass is 254 g/mol. The molecule has 18 heavy (non-hydrogen) atoms. The first-order valence-electron chi connectivity index (χ1n) is 6.27. The van der Waals surface area contributed by atoms with E-state index < -0.39 is 11.9 Å². The van der Waals surface area contributed by atoms with Crippen LogP contribution in [0, 0.1) is 11.8 Å². The number of nitrogens with zero attached hydrogens (tertiary/aromatic N) is 1. The molecular formula is C12H18N2O4. The summed E-state index contributed by atoms with van der Waals surface area (Å²) in [5, 5.41) is 11.6. The van der Waals surface area contributed by atoms with Crippen LogP contribution < -0.4 is 5.32 Å². The van der Waals surface area contributed by atoms with Crippen LogP contribution in [-0.4, -0.2) is 46.9 Å². The van der Waals surface area contributed by atoms with E-state index in [1.54, 1.807) is 11.8 Å². The number of amides is 2. The summed E-state index contributed by atoms with van der Waals surface area (Å²) in [7, 11) is 0. The Morgan fingerprint density at radius 2 is 1.78 bits per heavy atom. The number of nitrogens with one attached hydrogen (secondary N) is 1. The van der Waals surface area contributed by atoms with Gasteiger partial charge in [-0.25, -0.2) is 0 Å². The van der Waals surface area contributed by atoms with Crippen molar-refractivity contribution in [2.24, 2.45) is 11.8 Å². The molecule has 2 aliphatic rings. The highest BCUT2D eigenvalue weighted by molar-refractivity contribution is 5.89. The minimum atomic E-state index is -0.887. The van der Waals surface area contributed by atoms with Crippen LogP contribution in [0.3, 0.4) is 0 Å². The Balaban J connectivity index is 1.74. The molecule has 6 heteroatoms. The zero-order chi connectivity index (χ0) is 13.3. The zero-order valence-corrected chi connectivity index (χ0v) is 10.4. The van der Waals surface area contributed by atoms with E-state index in [9.17, 15) is 14.4 Å². The van der Waals surface area contributed by atoms with E-state index in [2.05, 4.69) is 5.32 Å². The first-order chi connectivity index (χ1) is 8.49. The fourth-order valence-electron chi connectivity index (χ4n) is 2.40. The molecule has 1 saturated carbocycles.